The summed E-state index contributed by atoms with van der Waals surface area (Å²) in [6, 6.07) is 6.86. The Labute approximate surface area is 105 Å². The number of carbonyl (C=O) groups is 2. The van der Waals surface area contributed by atoms with Crippen LogP contribution in [0.5, 0.6) is 0 Å². The Kier molecular flexibility index (Phi) is 3.36. The number of hydrogen-bond acceptors (Lipinski definition) is 3. The average molecular weight is 249 g/mol. The van der Waals surface area contributed by atoms with Crippen molar-refractivity contribution >= 4 is 23.5 Å². The molecule has 2 rings (SSSR count). The van der Waals surface area contributed by atoms with Gasteiger partial charge in [-0.05, 0) is 24.3 Å². The second-order valence-corrected chi connectivity index (χ2v) is 4.14. The van der Waals surface area contributed by atoms with Crippen LogP contribution in [0.15, 0.2) is 24.3 Å². The lowest BCUT2D eigenvalue weighted by Crippen LogP contribution is -2.27. The maximum Gasteiger partial charge on any atom is 0.414 e. The zero-order valence-corrected chi connectivity index (χ0v) is 10.3. The van der Waals surface area contributed by atoms with Crippen LogP contribution < -0.4 is 10.2 Å². The fourth-order valence-electron chi connectivity index (χ4n) is 1.59. The molecule has 0 radical (unpaired) electrons. The molecule has 0 unspecified atom stereocenters. The molecule has 0 aliphatic carbocycles. The largest absolute Gasteiger partial charge is 0.447 e. The lowest BCUT2D eigenvalue weighted by atomic mass is 10.2. The van der Waals surface area contributed by atoms with E-state index in [0.717, 1.165) is 5.69 Å². The minimum atomic E-state index is -0.333. The van der Waals surface area contributed by atoms with E-state index in [1.54, 1.807) is 43.3 Å². The lowest BCUT2D eigenvalue weighted by Gasteiger charge is -2.15. The molecule has 0 spiro atoms. The number of nitrogens with zero attached hydrogens (tertiary/aromatic N) is 2. The normalized spacial score (nSPS) is 14.3. The summed E-state index contributed by atoms with van der Waals surface area (Å²) in [6.45, 7) is 0.972. The number of cyclic esters (lactones) is 1. The monoisotopic (exact) mass is 249 g/mol. The average Bonchev–Trinajstić information content (AvgIpc) is 2.76. The van der Waals surface area contributed by atoms with Crippen molar-refractivity contribution in [1.29, 1.82) is 0 Å². The Morgan fingerprint density at radius 3 is 2.50 bits per heavy atom. The molecule has 3 amide bonds. The third-order valence-corrected chi connectivity index (χ3v) is 2.60. The van der Waals surface area contributed by atoms with Gasteiger partial charge in [-0.3, -0.25) is 4.90 Å². The molecule has 0 saturated carbocycles. The number of carbonyl (C=O) groups excluding carboxylic acids is 2. The number of rotatable bonds is 2. The van der Waals surface area contributed by atoms with Crippen molar-refractivity contribution in [3.63, 3.8) is 0 Å². The Morgan fingerprint density at radius 1 is 1.33 bits per heavy atom. The molecule has 18 heavy (non-hydrogen) atoms. The number of anilines is 2. The van der Waals surface area contributed by atoms with Crippen molar-refractivity contribution < 1.29 is 14.3 Å². The van der Waals surface area contributed by atoms with Gasteiger partial charge in [0.05, 0.1) is 6.54 Å². The van der Waals surface area contributed by atoms with Crippen molar-refractivity contribution in [1.82, 2.24) is 4.90 Å². The van der Waals surface area contributed by atoms with Crippen LogP contribution in [0, 0.1) is 0 Å². The van der Waals surface area contributed by atoms with E-state index < -0.39 is 0 Å². The standard InChI is InChI=1S/C12H15N3O3/c1-14(2)11(16)13-9-3-5-10(6-4-9)15-7-8-18-12(15)17/h3-6H,7-8H2,1-2H3,(H,13,16). The third kappa shape index (κ3) is 2.53. The highest BCUT2D eigenvalue weighted by Crippen LogP contribution is 2.21. The van der Waals surface area contributed by atoms with Crippen molar-refractivity contribution in [2.24, 2.45) is 0 Å². The first kappa shape index (κ1) is 12.2. The molecule has 1 aliphatic heterocycles. The molecule has 6 nitrogen and oxygen atoms in total. The quantitative estimate of drug-likeness (QED) is 0.868. The SMILES string of the molecule is CN(C)C(=O)Nc1ccc(N2CCOC2=O)cc1. The zero-order chi connectivity index (χ0) is 13.1. The van der Waals surface area contributed by atoms with Crippen LogP contribution in [0.25, 0.3) is 0 Å². The minimum absolute atomic E-state index is 0.191. The van der Waals surface area contributed by atoms with E-state index in [9.17, 15) is 9.59 Å². The summed E-state index contributed by atoms with van der Waals surface area (Å²) < 4.78 is 4.86. The maximum absolute atomic E-state index is 11.4. The van der Waals surface area contributed by atoms with Crippen LogP contribution in [0.3, 0.4) is 0 Å². The molecule has 1 fully saturated rings. The summed E-state index contributed by atoms with van der Waals surface area (Å²) in [5.41, 5.74) is 1.45. The highest BCUT2D eigenvalue weighted by atomic mass is 16.6. The van der Waals surface area contributed by atoms with Gasteiger partial charge in [-0.15, -0.1) is 0 Å². The Hall–Kier alpha value is -2.24. The molecule has 0 atom stereocenters. The molecule has 1 N–H and O–H groups in total. The second kappa shape index (κ2) is 4.95. The second-order valence-electron chi connectivity index (χ2n) is 4.14. The van der Waals surface area contributed by atoms with Crippen LogP contribution >= 0.6 is 0 Å². The fraction of sp³-hybridized carbons (Fsp3) is 0.333. The third-order valence-electron chi connectivity index (χ3n) is 2.60. The van der Waals surface area contributed by atoms with E-state index in [4.69, 9.17) is 4.74 Å². The zero-order valence-electron chi connectivity index (χ0n) is 10.3. The van der Waals surface area contributed by atoms with Crippen molar-refractivity contribution in [2.45, 2.75) is 0 Å². The molecule has 0 bridgehead atoms. The first-order valence-corrected chi connectivity index (χ1v) is 5.60. The molecule has 96 valence electrons. The molecule has 0 aromatic heterocycles. The Morgan fingerprint density at radius 2 is 2.00 bits per heavy atom. The number of benzene rings is 1. The van der Waals surface area contributed by atoms with Crippen molar-refractivity contribution in [2.75, 3.05) is 37.5 Å². The molecule has 1 aliphatic rings. The summed E-state index contributed by atoms with van der Waals surface area (Å²) in [7, 11) is 3.34. The van der Waals surface area contributed by atoms with Crippen molar-refractivity contribution in [3.8, 4) is 0 Å². The molecule has 1 aromatic rings. The summed E-state index contributed by atoms with van der Waals surface area (Å²) in [5.74, 6) is 0. The van der Waals surface area contributed by atoms with Gasteiger partial charge < -0.3 is 15.0 Å². The lowest BCUT2D eigenvalue weighted by molar-refractivity contribution is 0.181. The summed E-state index contributed by atoms with van der Waals surface area (Å²) in [6.07, 6.45) is -0.333. The smallest absolute Gasteiger partial charge is 0.414 e. The van der Waals surface area contributed by atoms with E-state index in [1.807, 2.05) is 0 Å². The van der Waals surface area contributed by atoms with Crippen LogP contribution in [0.4, 0.5) is 21.0 Å². The predicted octanol–water partition coefficient (Wildman–Crippen LogP) is 1.74. The van der Waals surface area contributed by atoms with Gasteiger partial charge in [-0.25, -0.2) is 9.59 Å². The predicted molar refractivity (Wildman–Crippen MR) is 67.8 cm³/mol. The molecular formula is C12H15N3O3. The van der Waals surface area contributed by atoms with Gasteiger partial charge in [-0.2, -0.15) is 0 Å². The van der Waals surface area contributed by atoms with Crippen LogP contribution in [0.1, 0.15) is 0 Å². The van der Waals surface area contributed by atoms with Gasteiger partial charge >= 0.3 is 12.1 Å². The first-order valence-electron chi connectivity index (χ1n) is 5.60. The van der Waals surface area contributed by atoms with Gasteiger partial charge in [0.25, 0.3) is 0 Å². The van der Waals surface area contributed by atoms with E-state index in [-0.39, 0.29) is 12.1 Å². The molecule has 6 heteroatoms. The maximum atomic E-state index is 11.4. The van der Waals surface area contributed by atoms with Crippen LogP contribution in [-0.2, 0) is 4.74 Å². The van der Waals surface area contributed by atoms with Crippen LogP contribution in [-0.4, -0.2) is 44.3 Å². The molecule has 1 aromatic carbocycles. The number of nitrogens with one attached hydrogen (secondary N) is 1. The van der Waals surface area contributed by atoms with Crippen molar-refractivity contribution in [3.05, 3.63) is 24.3 Å². The summed E-state index contributed by atoms with van der Waals surface area (Å²) in [4.78, 5) is 25.8. The first-order chi connectivity index (χ1) is 8.58. The molecule has 1 saturated heterocycles. The van der Waals surface area contributed by atoms with E-state index in [1.165, 1.54) is 4.90 Å². The number of urea groups is 1. The van der Waals surface area contributed by atoms with Gasteiger partial charge in [0.15, 0.2) is 0 Å². The van der Waals surface area contributed by atoms with Gasteiger partial charge in [-0.1, -0.05) is 0 Å². The van der Waals surface area contributed by atoms with Gasteiger partial charge in [0.1, 0.15) is 6.61 Å². The Bertz CT molecular complexity index is 456. The summed E-state index contributed by atoms with van der Waals surface area (Å²) >= 11 is 0. The minimum Gasteiger partial charge on any atom is -0.447 e. The number of hydrogen-bond donors (Lipinski definition) is 1. The van der Waals surface area contributed by atoms with E-state index in [0.29, 0.717) is 18.8 Å². The topological polar surface area (TPSA) is 61.9 Å². The summed E-state index contributed by atoms with van der Waals surface area (Å²) in [5, 5.41) is 2.72. The molecular weight excluding hydrogens is 234 g/mol. The number of ether oxygens (including phenoxy) is 1. The molecule has 1 heterocycles. The van der Waals surface area contributed by atoms with Crippen LogP contribution in [0.2, 0.25) is 0 Å². The Balaban J connectivity index is 2.06. The van der Waals surface area contributed by atoms with E-state index in [2.05, 4.69) is 5.32 Å². The highest BCUT2D eigenvalue weighted by molar-refractivity contribution is 5.91. The van der Waals surface area contributed by atoms with Gasteiger partial charge in [0.2, 0.25) is 0 Å². The fourth-order valence-corrected chi connectivity index (χ4v) is 1.59. The highest BCUT2D eigenvalue weighted by Gasteiger charge is 2.23. The van der Waals surface area contributed by atoms with Gasteiger partial charge in [0, 0.05) is 25.5 Å². The van der Waals surface area contributed by atoms with E-state index >= 15 is 0 Å². The number of amides is 3.